The number of aryl methyl sites for hydroxylation is 1. The molecule has 0 radical (unpaired) electrons. The molecule has 1 fully saturated rings. The van der Waals surface area contributed by atoms with Gasteiger partial charge in [-0.2, -0.15) is 0 Å². The first-order chi connectivity index (χ1) is 7.86. The number of rotatable bonds is 2. The van der Waals surface area contributed by atoms with E-state index in [0.29, 0.717) is 11.8 Å². The van der Waals surface area contributed by atoms with Gasteiger partial charge in [0.15, 0.2) is 0 Å². The minimum Gasteiger partial charge on any atom is -0.381 e. The van der Waals surface area contributed by atoms with E-state index in [2.05, 4.69) is 11.1 Å². The van der Waals surface area contributed by atoms with Crippen molar-refractivity contribution in [3.8, 4) is 0 Å². The zero-order valence-electron chi connectivity index (χ0n) is 9.43. The van der Waals surface area contributed by atoms with Crippen LogP contribution in [0.5, 0.6) is 0 Å². The molecule has 2 heterocycles. The number of aromatic nitrogens is 1. The number of pyridine rings is 1. The Kier molecular flexibility index (Phi) is 2.65. The summed E-state index contributed by atoms with van der Waals surface area (Å²) in [4.78, 5) is 4.51. The number of fused-ring (bicyclic) bond motifs is 1. The van der Waals surface area contributed by atoms with E-state index in [4.69, 9.17) is 10.5 Å². The maximum atomic E-state index is 6.38. The maximum absolute atomic E-state index is 6.38. The highest BCUT2D eigenvalue weighted by molar-refractivity contribution is 5.30. The molecule has 1 aliphatic heterocycles. The van der Waals surface area contributed by atoms with Gasteiger partial charge in [-0.3, -0.25) is 4.98 Å². The van der Waals surface area contributed by atoms with Crippen LogP contribution in [0.4, 0.5) is 0 Å². The second-order valence-electron chi connectivity index (χ2n) is 4.89. The van der Waals surface area contributed by atoms with Crippen LogP contribution < -0.4 is 5.73 Å². The summed E-state index contributed by atoms with van der Waals surface area (Å²) in [5.74, 6) is 0.973. The van der Waals surface area contributed by atoms with E-state index in [1.807, 2.05) is 12.3 Å². The molecule has 3 nitrogen and oxygen atoms in total. The van der Waals surface area contributed by atoms with Crippen LogP contribution in [0.3, 0.4) is 0 Å². The molecule has 0 spiro atoms. The molecule has 16 heavy (non-hydrogen) atoms. The Hall–Kier alpha value is -0.930. The Labute approximate surface area is 96.0 Å². The Bertz CT molecular complexity index is 374. The second-order valence-corrected chi connectivity index (χ2v) is 4.89. The Morgan fingerprint density at radius 1 is 1.44 bits per heavy atom. The van der Waals surface area contributed by atoms with Crippen molar-refractivity contribution in [2.45, 2.75) is 31.2 Å². The Morgan fingerprint density at radius 2 is 2.38 bits per heavy atom. The molecular formula is C13H18N2O. The summed E-state index contributed by atoms with van der Waals surface area (Å²) in [6.07, 6.45) is 5.29. The van der Waals surface area contributed by atoms with Crippen molar-refractivity contribution in [2.24, 2.45) is 11.7 Å². The van der Waals surface area contributed by atoms with E-state index >= 15 is 0 Å². The van der Waals surface area contributed by atoms with Crippen molar-refractivity contribution >= 4 is 0 Å². The molecule has 86 valence electrons. The second kappa shape index (κ2) is 4.15. The number of nitrogens with zero attached hydrogens (tertiary/aromatic N) is 1. The van der Waals surface area contributed by atoms with Crippen molar-refractivity contribution in [1.82, 2.24) is 4.98 Å². The molecule has 1 aliphatic carbocycles. The van der Waals surface area contributed by atoms with Crippen LogP contribution in [0.1, 0.15) is 30.0 Å². The topological polar surface area (TPSA) is 48.1 Å². The van der Waals surface area contributed by atoms with Crippen molar-refractivity contribution in [2.75, 3.05) is 13.2 Å². The van der Waals surface area contributed by atoms with E-state index in [-0.39, 0.29) is 6.04 Å². The lowest BCUT2D eigenvalue weighted by Crippen LogP contribution is -2.36. The molecule has 2 N–H and O–H groups in total. The van der Waals surface area contributed by atoms with E-state index in [1.54, 1.807) is 0 Å². The lowest BCUT2D eigenvalue weighted by atomic mass is 9.86. The smallest absolute Gasteiger partial charge is 0.0510 e. The van der Waals surface area contributed by atoms with Crippen LogP contribution in [0.15, 0.2) is 18.3 Å². The first-order valence-corrected chi connectivity index (χ1v) is 6.13. The molecule has 0 bridgehead atoms. The third kappa shape index (κ3) is 1.64. The predicted molar refractivity (Wildman–Crippen MR) is 62.2 cm³/mol. The van der Waals surface area contributed by atoms with Crippen LogP contribution in [-0.4, -0.2) is 24.2 Å². The highest BCUT2D eigenvalue weighted by Crippen LogP contribution is 2.36. The van der Waals surface area contributed by atoms with Crippen molar-refractivity contribution in [3.05, 3.63) is 29.6 Å². The van der Waals surface area contributed by atoms with Gasteiger partial charge in [0.05, 0.1) is 6.61 Å². The molecule has 3 unspecified atom stereocenters. The van der Waals surface area contributed by atoms with Gasteiger partial charge in [-0.05, 0) is 30.9 Å². The minimum absolute atomic E-state index is 0.221. The average molecular weight is 218 g/mol. The van der Waals surface area contributed by atoms with E-state index in [9.17, 15) is 0 Å². The summed E-state index contributed by atoms with van der Waals surface area (Å²) in [5, 5.41) is 0. The molecule has 2 aliphatic rings. The van der Waals surface area contributed by atoms with Gasteiger partial charge >= 0.3 is 0 Å². The number of ether oxygens (including phenoxy) is 1. The summed E-state index contributed by atoms with van der Waals surface area (Å²) < 4.78 is 5.43. The third-order valence-corrected chi connectivity index (χ3v) is 3.98. The summed E-state index contributed by atoms with van der Waals surface area (Å²) in [6.45, 7) is 1.71. The Balaban J connectivity index is 1.81. The monoisotopic (exact) mass is 218 g/mol. The van der Waals surface area contributed by atoms with Crippen LogP contribution in [0.2, 0.25) is 0 Å². The predicted octanol–water partition coefficient (Wildman–Crippen LogP) is 1.48. The third-order valence-electron chi connectivity index (χ3n) is 3.98. The van der Waals surface area contributed by atoms with Gasteiger partial charge in [0, 0.05) is 36.4 Å². The molecule has 0 amide bonds. The zero-order valence-corrected chi connectivity index (χ0v) is 9.43. The summed E-state index contributed by atoms with van der Waals surface area (Å²) in [6, 6.07) is 4.42. The summed E-state index contributed by atoms with van der Waals surface area (Å²) >= 11 is 0. The van der Waals surface area contributed by atoms with Crippen LogP contribution >= 0.6 is 0 Å². The maximum Gasteiger partial charge on any atom is 0.0510 e. The van der Waals surface area contributed by atoms with Gasteiger partial charge < -0.3 is 10.5 Å². The van der Waals surface area contributed by atoms with Gasteiger partial charge in [0.1, 0.15) is 0 Å². The molecule has 3 atom stereocenters. The minimum atomic E-state index is 0.221. The highest BCUT2D eigenvalue weighted by Gasteiger charge is 2.34. The van der Waals surface area contributed by atoms with Gasteiger partial charge in [-0.25, -0.2) is 0 Å². The normalized spacial score (nSPS) is 30.3. The Morgan fingerprint density at radius 3 is 3.19 bits per heavy atom. The molecule has 1 aromatic heterocycles. The van der Waals surface area contributed by atoms with Gasteiger partial charge in [-0.15, -0.1) is 0 Å². The molecule has 3 heteroatoms. The van der Waals surface area contributed by atoms with Crippen LogP contribution in [0, 0.1) is 5.92 Å². The fraction of sp³-hybridized carbons (Fsp3) is 0.615. The summed E-state index contributed by atoms with van der Waals surface area (Å²) in [7, 11) is 0. The fourth-order valence-electron chi connectivity index (χ4n) is 3.00. The first kappa shape index (κ1) is 10.2. The zero-order chi connectivity index (χ0) is 11.0. The summed E-state index contributed by atoms with van der Waals surface area (Å²) in [5.41, 5.74) is 9.01. The SMILES string of the molecule is NC(C1CCOC1)C1CCc2cccnc21. The fourth-order valence-corrected chi connectivity index (χ4v) is 3.00. The molecule has 3 rings (SSSR count). The van der Waals surface area contributed by atoms with Crippen molar-refractivity contribution in [1.29, 1.82) is 0 Å². The van der Waals surface area contributed by atoms with E-state index in [1.165, 1.54) is 11.3 Å². The lowest BCUT2D eigenvalue weighted by Gasteiger charge is -2.24. The van der Waals surface area contributed by atoms with Crippen LogP contribution in [-0.2, 0) is 11.2 Å². The molecular weight excluding hydrogens is 200 g/mol. The van der Waals surface area contributed by atoms with Gasteiger partial charge in [0.25, 0.3) is 0 Å². The molecule has 0 saturated carbocycles. The van der Waals surface area contributed by atoms with Gasteiger partial charge in [0.2, 0.25) is 0 Å². The standard InChI is InChI=1S/C13H18N2O/c14-12(10-5-7-16-8-10)11-4-3-9-2-1-6-15-13(9)11/h1-2,6,10-12H,3-5,7-8,14H2. The quantitative estimate of drug-likeness (QED) is 0.818. The van der Waals surface area contributed by atoms with Crippen LogP contribution in [0.25, 0.3) is 0 Å². The van der Waals surface area contributed by atoms with Crippen molar-refractivity contribution < 1.29 is 4.74 Å². The number of hydrogen-bond acceptors (Lipinski definition) is 3. The largest absolute Gasteiger partial charge is 0.381 e. The van der Waals surface area contributed by atoms with E-state index < -0.39 is 0 Å². The molecule has 0 aromatic carbocycles. The lowest BCUT2D eigenvalue weighted by molar-refractivity contribution is 0.177. The first-order valence-electron chi connectivity index (χ1n) is 6.13. The average Bonchev–Trinajstić information content (AvgIpc) is 2.98. The van der Waals surface area contributed by atoms with E-state index in [0.717, 1.165) is 32.5 Å². The van der Waals surface area contributed by atoms with Crippen molar-refractivity contribution in [3.63, 3.8) is 0 Å². The highest BCUT2D eigenvalue weighted by atomic mass is 16.5. The molecule has 1 saturated heterocycles. The number of hydrogen-bond donors (Lipinski definition) is 1. The van der Waals surface area contributed by atoms with Gasteiger partial charge in [-0.1, -0.05) is 6.07 Å². The molecule has 1 aromatic rings. The number of nitrogens with two attached hydrogens (primary N) is 1.